The molecule has 2 aromatic rings. The van der Waals surface area contributed by atoms with Crippen LogP contribution in [0.3, 0.4) is 0 Å². The van der Waals surface area contributed by atoms with Crippen molar-refractivity contribution in [3.8, 4) is 12.3 Å². The van der Waals surface area contributed by atoms with Gasteiger partial charge >= 0.3 is 0 Å². The number of para-hydroxylation sites is 1. The van der Waals surface area contributed by atoms with E-state index in [0.29, 0.717) is 5.82 Å². The van der Waals surface area contributed by atoms with E-state index in [1.165, 1.54) is 0 Å². The number of fused-ring (bicyclic) bond motifs is 1. The molecule has 4 nitrogen and oxygen atoms in total. The summed E-state index contributed by atoms with van der Waals surface area (Å²) < 4.78 is 0. The van der Waals surface area contributed by atoms with Crippen LogP contribution in [0.15, 0.2) is 36.4 Å². The summed E-state index contributed by atoms with van der Waals surface area (Å²) in [4.78, 5) is 15.7. The Balaban J connectivity index is 2.00. The summed E-state index contributed by atoms with van der Waals surface area (Å²) >= 11 is 0. The minimum atomic E-state index is -0.150. The number of carbonyl (C=O) groups excluding carboxylic acids is 1. The van der Waals surface area contributed by atoms with Crippen molar-refractivity contribution in [3.63, 3.8) is 0 Å². The highest BCUT2D eigenvalue weighted by atomic mass is 16.1. The summed E-state index contributed by atoms with van der Waals surface area (Å²) in [7, 11) is 0. The van der Waals surface area contributed by atoms with E-state index in [1.54, 1.807) is 0 Å². The van der Waals surface area contributed by atoms with Crippen LogP contribution >= 0.6 is 0 Å². The highest BCUT2D eigenvalue weighted by molar-refractivity contribution is 5.82. The van der Waals surface area contributed by atoms with E-state index < -0.39 is 0 Å². The first-order valence-corrected chi connectivity index (χ1v) is 5.59. The molecule has 2 N–H and O–H groups in total. The van der Waals surface area contributed by atoms with E-state index in [1.807, 2.05) is 36.4 Å². The molecule has 0 aliphatic rings. The van der Waals surface area contributed by atoms with Gasteiger partial charge in [0.1, 0.15) is 5.82 Å². The molecule has 0 aliphatic heterocycles. The second-order valence-corrected chi connectivity index (χ2v) is 3.72. The number of nitrogens with zero attached hydrogens (tertiary/aromatic N) is 1. The van der Waals surface area contributed by atoms with Crippen LogP contribution in [0.25, 0.3) is 10.9 Å². The Hall–Kier alpha value is -2.54. The van der Waals surface area contributed by atoms with E-state index in [2.05, 4.69) is 21.5 Å². The Morgan fingerprint density at radius 1 is 1.28 bits per heavy atom. The molecule has 0 saturated carbocycles. The predicted octanol–water partition coefficient (Wildman–Crippen LogP) is 1.40. The molecule has 1 aromatic heterocycles. The van der Waals surface area contributed by atoms with Crippen molar-refractivity contribution in [2.75, 3.05) is 18.4 Å². The Morgan fingerprint density at radius 3 is 2.94 bits per heavy atom. The van der Waals surface area contributed by atoms with Crippen molar-refractivity contribution in [2.24, 2.45) is 0 Å². The van der Waals surface area contributed by atoms with E-state index in [4.69, 9.17) is 6.42 Å². The highest BCUT2D eigenvalue weighted by Crippen LogP contribution is 2.13. The van der Waals surface area contributed by atoms with Gasteiger partial charge in [0.15, 0.2) is 0 Å². The van der Waals surface area contributed by atoms with Gasteiger partial charge in [-0.05, 0) is 18.2 Å². The largest absolute Gasteiger partial charge is 0.361 e. The Morgan fingerprint density at radius 2 is 2.11 bits per heavy atom. The van der Waals surface area contributed by atoms with Gasteiger partial charge in [-0.15, -0.1) is 6.42 Å². The molecule has 0 radical (unpaired) electrons. The van der Waals surface area contributed by atoms with Gasteiger partial charge in [-0.1, -0.05) is 24.1 Å². The van der Waals surface area contributed by atoms with Crippen LogP contribution in [0.1, 0.15) is 0 Å². The molecule has 1 amide bonds. The molecule has 4 heteroatoms. The molecular weight excluding hydrogens is 226 g/mol. The molecule has 1 aromatic carbocycles. The number of pyridine rings is 1. The fourth-order valence-corrected chi connectivity index (χ4v) is 1.55. The van der Waals surface area contributed by atoms with Gasteiger partial charge in [0.05, 0.1) is 18.6 Å². The number of nitrogens with one attached hydrogen (secondary N) is 2. The van der Waals surface area contributed by atoms with Crippen LogP contribution in [0, 0.1) is 12.3 Å². The van der Waals surface area contributed by atoms with Crippen LogP contribution < -0.4 is 10.6 Å². The number of hydrogen-bond acceptors (Lipinski definition) is 3. The Bertz CT molecular complexity index is 601. The number of aromatic nitrogens is 1. The Labute approximate surface area is 105 Å². The summed E-state index contributed by atoms with van der Waals surface area (Å²) in [6.07, 6.45) is 5.05. The number of hydrogen-bond donors (Lipinski definition) is 2. The second kappa shape index (κ2) is 5.69. The molecule has 0 aliphatic carbocycles. The maximum absolute atomic E-state index is 11.3. The number of carbonyl (C=O) groups is 1. The zero-order valence-corrected chi connectivity index (χ0v) is 9.81. The Kier molecular flexibility index (Phi) is 3.77. The molecule has 0 atom stereocenters. The molecule has 18 heavy (non-hydrogen) atoms. The first kappa shape index (κ1) is 11.9. The quantitative estimate of drug-likeness (QED) is 0.793. The minimum absolute atomic E-state index is 0.150. The van der Waals surface area contributed by atoms with Crippen molar-refractivity contribution in [1.29, 1.82) is 0 Å². The van der Waals surface area contributed by atoms with Crippen LogP contribution in [-0.4, -0.2) is 24.0 Å². The lowest BCUT2D eigenvalue weighted by Gasteiger charge is -2.06. The third-order valence-corrected chi connectivity index (χ3v) is 2.42. The van der Waals surface area contributed by atoms with E-state index >= 15 is 0 Å². The van der Waals surface area contributed by atoms with Crippen molar-refractivity contribution < 1.29 is 4.79 Å². The third-order valence-electron chi connectivity index (χ3n) is 2.42. The average Bonchev–Trinajstić information content (AvgIpc) is 2.42. The molecule has 0 spiro atoms. The fraction of sp³-hybridized carbons (Fsp3) is 0.143. The summed E-state index contributed by atoms with van der Waals surface area (Å²) in [5, 5.41) is 6.60. The van der Waals surface area contributed by atoms with Gasteiger partial charge in [-0.3, -0.25) is 4.79 Å². The highest BCUT2D eigenvalue weighted by Gasteiger charge is 2.01. The minimum Gasteiger partial charge on any atom is -0.361 e. The molecule has 2 rings (SSSR count). The number of benzene rings is 1. The van der Waals surface area contributed by atoms with Crippen molar-refractivity contribution in [2.45, 2.75) is 0 Å². The van der Waals surface area contributed by atoms with Crippen LogP contribution in [-0.2, 0) is 4.79 Å². The normalized spacial score (nSPS) is 9.72. The average molecular weight is 239 g/mol. The fourth-order valence-electron chi connectivity index (χ4n) is 1.55. The summed E-state index contributed by atoms with van der Waals surface area (Å²) in [5.41, 5.74) is 0.895. The van der Waals surface area contributed by atoms with Gasteiger partial charge in [0.25, 0.3) is 0 Å². The van der Waals surface area contributed by atoms with E-state index in [-0.39, 0.29) is 19.0 Å². The van der Waals surface area contributed by atoms with E-state index in [9.17, 15) is 4.79 Å². The van der Waals surface area contributed by atoms with Crippen LogP contribution in [0.4, 0.5) is 5.82 Å². The summed E-state index contributed by atoms with van der Waals surface area (Å²) in [6, 6.07) is 11.6. The monoisotopic (exact) mass is 239 g/mol. The number of anilines is 1. The van der Waals surface area contributed by atoms with Gasteiger partial charge in [0, 0.05) is 5.39 Å². The number of terminal acetylenes is 1. The summed E-state index contributed by atoms with van der Waals surface area (Å²) in [6.45, 7) is 0.401. The first-order chi connectivity index (χ1) is 8.79. The van der Waals surface area contributed by atoms with Crippen molar-refractivity contribution in [3.05, 3.63) is 36.4 Å². The zero-order chi connectivity index (χ0) is 12.8. The number of rotatable bonds is 4. The lowest BCUT2D eigenvalue weighted by Crippen LogP contribution is -2.30. The SMILES string of the molecule is C#CCNC(=O)CNc1ccc2ccccc2n1. The zero-order valence-electron chi connectivity index (χ0n) is 9.81. The van der Waals surface area contributed by atoms with Gasteiger partial charge in [0.2, 0.25) is 5.91 Å². The third kappa shape index (κ3) is 2.98. The molecule has 0 saturated heterocycles. The molecule has 0 unspecified atom stereocenters. The van der Waals surface area contributed by atoms with Gasteiger partial charge < -0.3 is 10.6 Å². The van der Waals surface area contributed by atoms with Gasteiger partial charge in [-0.25, -0.2) is 4.98 Å². The molecule has 90 valence electrons. The predicted molar refractivity (Wildman–Crippen MR) is 72.1 cm³/mol. The molecule has 0 bridgehead atoms. The van der Waals surface area contributed by atoms with Crippen LogP contribution in [0.2, 0.25) is 0 Å². The molecular formula is C14H13N3O. The standard InChI is InChI=1S/C14H13N3O/c1-2-9-15-14(18)10-16-13-8-7-11-5-3-4-6-12(11)17-13/h1,3-8H,9-10H2,(H,15,18)(H,16,17). The molecule has 0 fully saturated rings. The summed E-state index contributed by atoms with van der Waals surface area (Å²) in [5.74, 6) is 2.87. The van der Waals surface area contributed by atoms with Crippen molar-refractivity contribution in [1.82, 2.24) is 10.3 Å². The maximum Gasteiger partial charge on any atom is 0.240 e. The maximum atomic E-state index is 11.3. The van der Waals surface area contributed by atoms with Crippen molar-refractivity contribution >= 4 is 22.6 Å². The molecule has 1 heterocycles. The smallest absolute Gasteiger partial charge is 0.240 e. The van der Waals surface area contributed by atoms with E-state index in [0.717, 1.165) is 10.9 Å². The topological polar surface area (TPSA) is 54.0 Å². The van der Waals surface area contributed by atoms with Crippen LogP contribution in [0.5, 0.6) is 0 Å². The van der Waals surface area contributed by atoms with Gasteiger partial charge in [-0.2, -0.15) is 0 Å². The first-order valence-electron chi connectivity index (χ1n) is 5.59. The second-order valence-electron chi connectivity index (χ2n) is 3.72. The lowest BCUT2D eigenvalue weighted by atomic mass is 10.2. The number of amides is 1. The lowest BCUT2D eigenvalue weighted by molar-refractivity contribution is -0.119.